The molecule has 1 aromatic rings. The van der Waals surface area contributed by atoms with Crippen molar-refractivity contribution < 1.29 is 4.39 Å². The van der Waals surface area contributed by atoms with E-state index in [1.54, 1.807) is 6.07 Å². The van der Waals surface area contributed by atoms with Gasteiger partial charge in [-0.25, -0.2) is 4.39 Å². The number of hydrogen-bond donors (Lipinski definition) is 1. The molecule has 0 aromatic heterocycles. The van der Waals surface area contributed by atoms with Crippen LogP contribution >= 0.6 is 11.6 Å². The molecule has 1 aromatic carbocycles. The number of hydrogen-bond acceptors (Lipinski definition) is 1. The van der Waals surface area contributed by atoms with Crippen LogP contribution in [0.4, 0.5) is 4.39 Å². The van der Waals surface area contributed by atoms with Gasteiger partial charge in [-0.2, -0.15) is 0 Å². The fourth-order valence-electron chi connectivity index (χ4n) is 2.23. The summed E-state index contributed by atoms with van der Waals surface area (Å²) in [5, 5.41) is 3.68. The van der Waals surface area contributed by atoms with E-state index in [1.165, 1.54) is 0 Å². The Morgan fingerprint density at radius 3 is 2.67 bits per heavy atom. The number of aryl methyl sites for hydroxylation is 1. The maximum absolute atomic E-state index is 13.7. The van der Waals surface area contributed by atoms with Crippen molar-refractivity contribution in [3.63, 3.8) is 0 Å². The highest BCUT2D eigenvalue weighted by atomic mass is 35.5. The Balaban J connectivity index is 2.58. The fraction of sp³-hybridized carbons (Fsp3) is 0.600. The highest BCUT2D eigenvalue weighted by molar-refractivity contribution is 6.30. The van der Waals surface area contributed by atoms with Crippen molar-refractivity contribution in [3.8, 4) is 0 Å². The first-order valence-electron chi connectivity index (χ1n) is 6.70. The molecule has 0 heterocycles. The molecule has 0 spiro atoms. The molecule has 1 rings (SSSR count). The van der Waals surface area contributed by atoms with E-state index in [-0.39, 0.29) is 10.8 Å². The van der Waals surface area contributed by atoms with E-state index >= 15 is 0 Å². The summed E-state index contributed by atoms with van der Waals surface area (Å²) < 4.78 is 13.7. The van der Waals surface area contributed by atoms with Crippen LogP contribution in [0.5, 0.6) is 0 Å². The lowest BCUT2D eigenvalue weighted by Crippen LogP contribution is -2.30. The summed E-state index contributed by atoms with van der Waals surface area (Å²) in [5.74, 6) is 0.386. The minimum atomic E-state index is -0.265. The van der Waals surface area contributed by atoms with E-state index in [2.05, 4.69) is 26.1 Å². The summed E-state index contributed by atoms with van der Waals surface area (Å²) >= 11 is 5.78. The van der Waals surface area contributed by atoms with E-state index in [9.17, 15) is 4.39 Å². The maximum Gasteiger partial charge on any atom is 0.144 e. The average Bonchev–Trinajstić information content (AvgIpc) is 2.30. The van der Waals surface area contributed by atoms with Gasteiger partial charge in [0.1, 0.15) is 5.82 Å². The fourth-order valence-corrected chi connectivity index (χ4v) is 2.43. The maximum atomic E-state index is 13.7. The average molecular weight is 272 g/mol. The van der Waals surface area contributed by atoms with Crippen LogP contribution in [-0.2, 0) is 6.42 Å². The molecule has 0 aliphatic rings. The van der Waals surface area contributed by atoms with Gasteiger partial charge in [-0.15, -0.1) is 0 Å². The van der Waals surface area contributed by atoms with Gasteiger partial charge in [0.2, 0.25) is 0 Å². The number of halogens is 2. The molecule has 0 fully saturated rings. The Kier molecular flexibility index (Phi) is 6.66. The predicted octanol–water partition coefficient (Wildman–Crippen LogP) is 4.44. The largest absolute Gasteiger partial charge is 0.314 e. The zero-order valence-electron chi connectivity index (χ0n) is 11.5. The molecule has 102 valence electrons. The zero-order valence-corrected chi connectivity index (χ0v) is 12.2. The standard InChI is InChI=1S/C15H23ClFN/c1-4-18-13(10-11(2)3)9-8-12-6-5-7-14(16)15(12)17/h5-7,11,13,18H,4,8-10H2,1-3H3. The summed E-state index contributed by atoms with van der Waals surface area (Å²) in [6.45, 7) is 7.48. The highest BCUT2D eigenvalue weighted by Gasteiger charge is 2.12. The molecule has 0 saturated heterocycles. The van der Waals surface area contributed by atoms with Crippen molar-refractivity contribution >= 4 is 11.6 Å². The third-order valence-corrected chi connectivity index (χ3v) is 3.33. The summed E-state index contributed by atoms with van der Waals surface area (Å²) in [7, 11) is 0. The molecular formula is C15H23ClFN. The van der Waals surface area contributed by atoms with E-state index in [0.717, 1.165) is 25.8 Å². The molecule has 18 heavy (non-hydrogen) atoms. The Morgan fingerprint density at radius 1 is 1.33 bits per heavy atom. The minimum Gasteiger partial charge on any atom is -0.314 e. The number of nitrogens with one attached hydrogen (secondary N) is 1. The Bertz CT molecular complexity index is 366. The Morgan fingerprint density at radius 2 is 2.06 bits per heavy atom. The van der Waals surface area contributed by atoms with Gasteiger partial charge in [-0.1, -0.05) is 44.5 Å². The molecule has 1 atom stereocenters. The highest BCUT2D eigenvalue weighted by Crippen LogP contribution is 2.20. The van der Waals surface area contributed by atoms with Crippen LogP contribution in [0, 0.1) is 11.7 Å². The molecule has 3 heteroatoms. The van der Waals surface area contributed by atoms with Crippen molar-refractivity contribution in [2.45, 2.75) is 46.1 Å². The van der Waals surface area contributed by atoms with Crippen LogP contribution in [0.3, 0.4) is 0 Å². The Hall–Kier alpha value is -0.600. The third-order valence-electron chi connectivity index (χ3n) is 3.04. The van der Waals surface area contributed by atoms with E-state index < -0.39 is 0 Å². The van der Waals surface area contributed by atoms with Crippen molar-refractivity contribution in [2.75, 3.05) is 6.54 Å². The van der Waals surface area contributed by atoms with Gasteiger partial charge in [-0.3, -0.25) is 0 Å². The first kappa shape index (κ1) is 15.5. The second kappa shape index (κ2) is 7.75. The molecule has 0 aliphatic carbocycles. The summed E-state index contributed by atoms with van der Waals surface area (Å²) in [6, 6.07) is 5.68. The SMILES string of the molecule is CCNC(CCc1cccc(Cl)c1F)CC(C)C. The lowest BCUT2D eigenvalue weighted by atomic mass is 9.97. The predicted molar refractivity (Wildman–Crippen MR) is 76.7 cm³/mol. The third kappa shape index (κ3) is 4.95. The van der Waals surface area contributed by atoms with Gasteiger partial charge in [-0.05, 0) is 43.4 Å². The van der Waals surface area contributed by atoms with Gasteiger partial charge in [0.25, 0.3) is 0 Å². The van der Waals surface area contributed by atoms with Gasteiger partial charge in [0.05, 0.1) is 5.02 Å². The first-order chi connectivity index (χ1) is 8.54. The van der Waals surface area contributed by atoms with Crippen LogP contribution in [0.2, 0.25) is 5.02 Å². The molecule has 0 aliphatic heterocycles. The summed E-state index contributed by atoms with van der Waals surface area (Å²) in [5.41, 5.74) is 0.717. The zero-order chi connectivity index (χ0) is 13.5. The minimum absolute atomic E-state index is 0.219. The van der Waals surface area contributed by atoms with Crippen LogP contribution < -0.4 is 5.32 Å². The van der Waals surface area contributed by atoms with Crippen LogP contribution in [0.1, 0.15) is 39.2 Å². The summed E-state index contributed by atoms with van der Waals surface area (Å²) in [4.78, 5) is 0. The summed E-state index contributed by atoms with van der Waals surface area (Å²) in [6.07, 6.45) is 2.80. The molecule has 0 radical (unpaired) electrons. The van der Waals surface area contributed by atoms with Crippen LogP contribution in [0.25, 0.3) is 0 Å². The van der Waals surface area contributed by atoms with Gasteiger partial charge in [0.15, 0.2) is 0 Å². The Labute approximate surface area is 115 Å². The number of benzene rings is 1. The topological polar surface area (TPSA) is 12.0 Å². The van der Waals surface area contributed by atoms with Crippen molar-refractivity contribution in [2.24, 2.45) is 5.92 Å². The van der Waals surface area contributed by atoms with Crippen molar-refractivity contribution in [1.29, 1.82) is 0 Å². The molecule has 0 saturated carbocycles. The smallest absolute Gasteiger partial charge is 0.144 e. The van der Waals surface area contributed by atoms with E-state index in [0.29, 0.717) is 17.5 Å². The second-order valence-corrected chi connectivity index (χ2v) is 5.54. The van der Waals surface area contributed by atoms with Gasteiger partial charge < -0.3 is 5.32 Å². The lowest BCUT2D eigenvalue weighted by molar-refractivity contribution is 0.403. The lowest BCUT2D eigenvalue weighted by Gasteiger charge is -2.20. The molecule has 0 amide bonds. The van der Waals surface area contributed by atoms with Gasteiger partial charge >= 0.3 is 0 Å². The van der Waals surface area contributed by atoms with Crippen LogP contribution in [0.15, 0.2) is 18.2 Å². The van der Waals surface area contributed by atoms with E-state index in [1.807, 2.05) is 12.1 Å². The van der Waals surface area contributed by atoms with Crippen LogP contribution in [-0.4, -0.2) is 12.6 Å². The molecule has 1 unspecified atom stereocenters. The monoisotopic (exact) mass is 271 g/mol. The molecule has 0 bridgehead atoms. The molecular weight excluding hydrogens is 249 g/mol. The first-order valence-corrected chi connectivity index (χ1v) is 7.08. The van der Waals surface area contributed by atoms with Crippen molar-refractivity contribution in [1.82, 2.24) is 5.32 Å². The number of rotatable bonds is 7. The quantitative estimate of drug-likeness (QED) is 0.773. The molecule has 1 N–H and O–H groups in total. The van der Waals surface area contributed by atoms with Gasteiger partial charge in [0, 0.05) is 6.04 Å². The normalized spacial score (nSPS) is 13.0. The molecule has 1 nitrogen and oxygen atoms in total. The second-order valence-electron chi connectivity index (χ2n) is 5.14. The van der Waals surface area contributed by atoms with Crippen molar-refractivity contribution in [3.05, 3.63) is 34.6 Å². The van der Waals surface area contributed by atoms with E-state index in [4.69, 9.17) is 11.6 Å².